The van der Waals surface area contributed by atoms with Crippen LogP contribution in [0.3, 0.4) is 0 Å². The maximum absolute atomic E-state index is 12.7. The van der Waals surface area contributed by atoms with Gasteiger partial charge in [0.25, 0.3) is 0 Å². The minimum Gasteiger partial charge on any atom is -0.379 e. The fraction of sp³-hybridized carbons (Fsp3) is 0.381. The molecular formula is C21H27N3O6S2. The van der Waals surface area contributed by atoms with Crippen LogP contribution in [0, 0.1) is 0 Å². The Hall–Kier alpha value is -2.31. The van der Waals surface area contributed by atoms with Crippen LogP contribution in [0.4, 0.5) is 5.69 Å². The summed E-state index contributed by atoms with van der Waals surface area (Å²) in [7, 11) is -4.41. The van der Waals surface area contributed by atoms with Crippen LogP contribution in [0.25, 0.3) is 0 Å². The van der Waals surface area contributed by atoms with Crippen molar-refractivity contribution in [3.05, 3.63) is 54.1 Å². The molecule has 1 fully saturated rings. The number of morpholine rings is 1. The summed E-state index contributed by atoms with van der Waals surface area (Å²) in [5.74, 6) is -0.337. The molecule has 0 radical (unpaired) electrons. The number of ether oxygens (including phenoxy) is 1. The number of sulfonamides is 2. The van der Waals surface area contributed by atoms with Crippen molar-refractivity contribution in [1.82, 2.24) is 8.61 Å². The van der Waals surface area contributed by atoms with Crippen LogP contribution in [0.5, 0.6) is 0 Å². The molecule has 0 bridgehead atoms. The zero-order valence-corrected chi connectivity index (χ0v) is 19.7. The summed E-state index contributed by atoms with van der Waals surface area (Å²) in [5, 5.41) is 2.66. The first kappa shape index (κ1) is 24.3. The van der Waals surface area contributed by atoms with Crippen LogP contribution in [0.1, 0.15) is 12.0 Å². The summed E-state index contributed by atoms with van der Waals surface area (Å²) in [4.78, 5) is 12.7. The molecule has 1 aliphatic heterocycles. The van der Waals surface area contributed by atoms with Crippen LogP contribution in [-0.4, -0.2) is 71.8 Å². The molecule has 9 nitrogen and oxygen atoms in total. The number of nitrogens with zero attached hydrogens (tertiary/aromatic N) is 2. The van der Waals surface area contributed by atoms with Gasteiger partial charge in [-0.25, -0.2) is 21.1 Å². The molecule has 0 aliphatic carbocycles. The highest BCUT2D eigenvalue weighted by molar-refractivity contribution is 7.89. The van der Waals surface area contributed by atoms with Crippen molar-refractivity contribution in [1.29, 1.82) is 0 Å². The lowest BCUT2D eigenvalue weighted by molar-refractivity contribution is -0.116. The number of benzene rings is 2. The van der Waals surface area contributed by atoms with E-state index in [1.807, 2.05) is 0 Å². The molecule has 32 heavy (non-hydrogen) atoms. The number of hydrogen-bond donors (Lipinski definition) is 1. The van der Waals surface area contributed by atoms with Gasteiger partial charge in [-0.15, -0.1) is 0 Å². The molecule has 2 aromatic rings. The summed E-state index contributed by atoms with van der Waals surface area (Å²) in [6, 6.07) is 12.7. The van der Waals surface area contributed by atoms with Gasteiger partial charge in [-0.05, 0) is 36.2 Å². The average Bonchev–Trinajstić information content (AvgIpc) is 2.78. The number of para-hydroxylation sites is 1. The van der Waals surface area contributed by atoms with Gasteiger partial charge in [-0.3, -0.25) is 4.79 Å². The lowest BCUT2D eigenvalue weighted by Crippen LogP contribution is -2.40. The van der Waals surface area contributed by atoms with E-state index >= 15 is 0 Å². The Labute approximate surface area is 189 Å². The molecule has 1 aliphatic rings. The van der Waals surface area contributed by atoms with Gasteiger partial charge < -0.3 is 10.1 Å². The fourth-order valence-electron chi connectivity index (χ4n) is 3.23. The minimum absolute atomic E-state index is 0.0241. The number of rotatable bonds is 8. The van der Waals surface area contributed by atoms with Crippen molar-refractivity contribution in [2.45, 2.75) is 22.6 Å². The highest BCUT2D eigenvalue weighted by Crippen LogP contribution is 2.23. The Kier molecular flexibility index (Phi) is 7.67. The minimum atomic E-state index is -3.70. The highest BCUT2D eigenvalue weighted by atomic mass is 32.2. The summed E-state index contributed by atoms with van der Waals surface area (Å²) in [6.45, 7) is 1.42. The highest BCUT2D eigenvalue weighted by Gasteiger charge is 2.26. The van der Waals surface area contributed by atoms with Crippen molar-refractivity contribution in [3.8, 4) is 0 Å². The van der Waals surface area contributed by atoms with E-state index in [9.17, 15) is 21.6 Å². The second kappa shape index (κ2) is 10.1. The number of carbonyl (C=O) groups is 1. The zero-order chi connectivity index (χ0) is 23.4. The molecule has 0 saturated carbocycles. The first-order valence-corrected chi connectivity index (χ1v) is 13.0. The number of anilines is 1. The van der Waals surface area contributed by atoms with Crippen molar-refractivity contribution < 1.29 is 26.4 Å². The Morgan fingerprint density at radius 1 is 1.00 bits per heavy atom. The maximum atomic E-state index is 12.7. The third-order valence-corrected chi connectivity index (χ3v) is 8.88. The van der Waals surface area contributed by atoms with Gasteiger partial charge in [0.2, 0.25) is 26.0 Å². The SMILES string of the molecule is CN(C)S(=O)(=O)c1ccccc1NC(=O)CCc1ccc(S(=O)(=O)N2CCOCC2)cc1. The second-order valence-corrected chi connectivity index (χ2v) is 11.6. The van der Waals surface area contributed by atoms with E-state index in [0.29, 0.717) is 32.7 Å². The maximum Gasteiger partial charge on any atom is 0.244 e. The normalized spacial score (nSPS) is 15.6. The Morgan fingerprint density at radius 3 is 2.25 bits per heavy atom. The summed E-state index contributed by atoms with van der Waals surface area (Å²) < 4.78 is 58.0. The third kappa shape index (κ3) is 5.54. The summed E-state index contributed by atoms with van der Waals surface area (Å²) in [6.07, 6.45) is 0.498. The molecule has 0 atom stereocenters. The van der Waals surface area contributed by atoms with Gasteiger partial charge >= 0.3 is 0 Å². The number of aryl methyl sites for hydroxylation is 1. The molecule has 174 valence electrons. The van der Waals surface area contributed by atoms with E-state index in [2.05, 4.69) is 5.32 Å². The first-order valence-electron chi connectivity index (χ1n) is 10.1. The molecule has 1 amide bonds. The van der Waals surface area contributed by atoms with E-state index in [4.69, 9.17) is 4.74 Å². The van der Waals surface area contributed by atoms with Gasteiger partial charge in [0.15, 0.2) is 0 Å². The lowest BCUT2D eigenvalue weighted by atomic mass is 10.1. The Bertz CT molecular complexity index is 1160. The molecule has 0 unspecified atom stereocenters. The Balaban J connectivity index is 1.63. The summed E-state index contributed by atoms with van der Waals surface area (Å²) in [5.41, 5.74) is 1.02. The molecule has 2 aromatic carbocycles. The second-order valence-electron chi connectivity index (χ2n) is 7.49. The van der Waals surface area contributed by atoms with Crippen molar-refractivity contribution >= 4 is 31.6 Å². The number of carbonyl (C=O) groups excluding carboxylic acids is 1. The molecular weight excluding hydrogens is 454 g/mol. The Morgan fingerprint density at radius 2 is 1.62 bits per heavy atom. The molecule has 1 heterocycles. The fourth-order valence-corrected chi connectivity index (χ4v) is 5.68. The van der Waals surface area contributed by atoms with Crippen LogP contribution >= 0.6 is 0 Å². The van der Waals surface area contributed by atoms with E-state index in [-0.39, 0.29) is 27.8 Å². The largest absolute Gasteiger partial charge is 0.379 e. The lowest BCUT2D eigenvalue weighted by Gasteiger charge is -2.26. The third-order valence-electron chi connectivity index (χ3n) is 5.09. The number of amides is 1. The first-order chi connectivity index (χ1) is 15.1. The van der Waals surface area contributed by atoms with Crippen molar-refractivity contribution in [2.24, 2.45) is 0 Å². The van der Waals surface area contributed by atoms with E-state index in [1.54, 1.807) is 30.3 Å². The zero-order valence-electron chi connectivity index (χ0n) is 18.0. The summed E-state index contributed by atoms with van der Waals surface area (Å²) >= 11 is 0. The van der Waals surface area contributed by atoms with E-state index in [1.165, 1.54) is 36.6 Å². The molecule has 3 rings (SSSR count). The van der Waals surface area contributed by atoms with Gasteiger partial charge in [0.1, 0.15) is 4.90 Å². The van der Waals surface area contributed by atoms with Crippen molar-refractivity contribution in [3.63, 3.8) is 0 Å². The van der Waals surface area contributed by atoms with Crippen LogP contribution < -0.4 is 5.32 Å². The van der Waals surface area contributed by atoms with Crippen LogP contribution in [-0.2, 0) is 36.0 Å². The molecule has 1 N–H and O–H groups in total. The topological polar surface area (TPSA) is 113 Å². The van der Waals surface area contributed by atoms with E-state index < -0.39 is 20.0 Å². The van der Waals surface area contributed by atoms with Gasteiger partial charge in [0, 0.05) is 33.6 Å². The molecule has 11 heteroatoms. The van der Waals surface area contributed by atoms with Crippen LogP contribution in [0.2, 0.25) is 0 Å². The predicted molar refractivity (Wildman–Crippen MR) is 120 cm³/mol. The number of nitrogens with one attached hydrogen (secondary N) is 1. The predicted octanol–water partition coefficient (Wildman–Crippen LogP) is 1.53. The van der Waals surface area contributed by atoms with Crippen molar-refractivity contribution in [2.75, 3.05) is 45.7 Å². The smallest absolute Gasteiger partial charge is 0.244 e. The van der Waals surface area contributed by atoms with E-state index in [0.717, 1.165) is 9.87 Å². The standard InChI is InChI=1S/C21H27N3O6S2/c1-23(2)32(28,29)20-6-4-3-5-19(20)22-21(25)12-9-17-7-10-18(11-8-17)31(26,27)24-13-15-30-16-14-24/h3-8,10-11H,9,12-16H2,1-2H3,(H,22,25). The monoisotopic (exact) mass is 481 g/mol. The molecule has 0 spiro atoms. The quantitative estimate of drug-likeness (QED) is 0.612. The van der Waals surface area contributed by atoms with Gasteiger partial charge in [0.05, 0.1) is 23.8 Å². The van der Waals surface area contributed by atoms with Gasteiger partial charge in [-0.2, -0.15) is 4.31 Å². The van der Waals surface area contributed by atoms with Crippen LogP contribution in [0.15, 0.2) is 58.3 Å². The average molecular weight is 482 g/mol. The molecule has 0 aromatic heterocycles. The van der Waals surface area contributed by atoms with Gasteiger partial charge in [-0.1, -0.05) is 24.3 Å². The molecule has 1 saturated heterocycles. The number of hydrogen-bond acceptors (Lipinski definition) is 6.